The smallest absolute Gasteiger partial charge is 0.244 e. The Labute approximate surface area is 145 Å². The monoisotopic (exact) mass is 341 g/mol. The van der Waals surface area contributed by atoms with E-state index in [2.05, 4.69) is 0 Å². The highest BCUT2D eigenvalue weighted by molar-refractivity contribution is 5.89. The summed E-state index contributed by atoms with van der Waals surface area (Å²) in [5.74, 6) is -0.748. The largest absolute Gasteiger partial charge is 0.335 e. The van der Waals surface area contributed by atoms with Gasteiger partial charge in [-0.15, -0.1) is 0 Å². The first-order valence-corrected chi connectivity index (χ1v) is 8.16. The van der Waals surface area contributed by atoms with E-state index in [1.807, 2.05) is 18.2 Å². The molecule has 130 valence electrons. The van der Waals surface area contributed by atoms with Gasteiger partial charge < -0.3 is 15.5 Å². The van der Waals surface area contributed by atoms with Crippen molar-refractivity contribution in [2.45, 2.75) is 12.6 Å². The zero-order valence-corrected chi connectivity index (χ0v) is 13.8. The molecule has 0 saturated carbocycles. The van der Waals surface area contributed by atoms with Crippen molar-refractivity contribution in [3.8, 4) is 0 Å². The molecule has 0 aromatic heterocycles. The van der Waals surface area contributed by atoms with Gasteiger partial charge in [-0.25, -0.2) is 4.39 Å². The molecule has 2 aromatic carbocycles. The van der Waals surface area contributed by atoms with Gasteiger partial charge in [0.1, 0.15) is 11.9 Å². The van der Waals surface area contributed by atoms with Crippen molar-refractivity contribution >= 4 is 11.8 Å². The van der Waals surface area contributed by atoms with Crippen LogP contribution in [-0.4, -0.2) is 41.2 Å². The molecule has 0 spiro atoms. The Kier molecular flexibility index (Phi) is 5.09. The van der Waals surface area contributed by atoms with Crippen molar-refractivity contribution in [1.82, 2.24) is 9.80 Å². The first-order valence-electron chi connectivity index (χ1n) is 8.16. The highest BCUT2D eigenvalue weighted by Crippen LogP contribution is 2.16. The topological polar surface area (TPSA) is 66.6 Å². The van der Waals surface area contributed by atoms with Gasteiger partial charge in [-0.2, -0.15) is 0 Å². The molecule has 0 radical (unpaired) electrons. The van der Waals surface area contributed by atoms with Crippen LogP contribution in [-0.2, 0) is 16.1 Å². The van der Waals surface area contributed by atoms with E-state index in [0.29, 0.717) is 19.6 Å². The molecule has 1 heterocycles. The van der Waals surface area contributed by atoms with Gasteiger partial charge in [-0.3, -0.25) is 9.59 Å². The molecule has 1 aliphatic heterocycles. The molecular weight excluding hydrogens is 321 g/mol. The maximum absolute atomic E-state index is 13.3. The fourth-order valence-electron chi connectivity index (χ4n) is 2.92. The van der Waals surface area contributed by atoms with Crippen LogP contribution in [0.25, 0.3) is 0 Å². The number of carbonyl (C=O) groups excluding carboxylic acids is 2. The molecule has 2 N–H and O–H groups in total. The molecule has 1 saturated heterocycles. The third-order valence-corrected chi connectivity index (χ3v) is 4.32. The number of piperazine rings is 1. The number of nitrogens with zero attached hydrogens (tertiary/aromatic N) is 2. The third-order valence-electron chi connectivity index (χ3n) is 4.32. The summed E-state index contributed by atoms with van der Waals surface area (Å²) in [6.07, 6.45) is 0. The van der Waals surface area contributed by atoms with Crippen molar-refractivity contribution in [3.63, 3.8) is 0 Å². The lowest BCUT2D eigenvalue weighted by Crippen LogP contribution is -2.53. The quantitative estimate of drug-likeness (QED) is 0.920. The Morgan fingerprint density at radius 2 is 1.88 bits per heavy atom. The van der Waals surface area contributed by atoms with Crippen LogP contribution in [0.15, 0.2) is 54.6 Å². The van der Waals surface area contributed by atoms with Crippen LogP contribution in [0.1, 0.15) is 17.2 Å². The maximum atomic E-state index is 13.3. The number of hydrogen-bond acceptors (Lipinski definition) is 3. The number of rotatable bonds is 4. The predicted molar refractivity (Wildman–Crippen MR) is 91.8 cm³/mol. The van der Waals surface area contributed by atoms with E-state index in [9.17, 15) is 14.0 Å². The molecule has 6 heteroatoms. The number of hydrogen-bond donors (Lipinski definition) is 1. The summed E-state index contributed by atoms with van der Waals surface area (Å²) in [5.41, 5.74) is 7.49. The molecule has 2 aromatic rings. The summed E-state index contributed by atoms with van der Waals surface area (Å²) in [4.78, 5) is 28.0. The highest BCUT2D eigenvalue weighted by atomic mass is 19.1. The van der Waals surface area contributed by atoms with E-state index in [0.717, 1.165) is 11.1 Å². The van der Waals surface area contributed by atoms with Gasteiger partial charge in [-0.05, 0) is 23.3 Å². The molecule has 3 rings (SSSR count). The third kappa shape index (κ3) is 4.03. The number of nitrogens with two attached hydrogens (primary N) is 1. The number of benzene rings is 2. The van der Waals surface area contributed by atoms with Crippen LogP contribution < -0.4 is 5.73 Å². The zero-order chi connectivity index (χ0) is 17.8. The summed E-state index contributed by atoms with van der Waals surface area (Å²) < 4.78 is 13.3. The van der Waals surface area contributed by atoms with Gasteiger partial charge >= 0.3 is 0 Å². The van der Waals surface area contributed by atoms with Crippen LogP contribution in [0.2, 0.25) is 0 Å². The van der Waals surface area contributed by atoms with Crippen LogP contribution in [0.3, 0.4) is 0 Å². The molecule has 2 amide bonds. The second-order valence-corrected chi connectivity index (χ2v) is 6.09. The van der Waals surface area contributed by atoms with Crippen molar-refractivity contribution in [2.24, 2.45) is 5.73 Å². The van der Waals surface area contributed by atoms with Crippen molar-refractivity contribution in [1.29, 1.82) is 0 Å². The first-order chi connectivity index (χ1) is 12.0. The maximum Gasteiger partial charge on any atom is 0.244 e. The Hall–Kier alpha value is -2.73. The molecule has 0 aliphatic carbocycles. The van der Waals surface area contributed by atoms with Gasteiger partial charge in [-0.1, -0.05) is 42.5 Å². The minimum absolute atomic E-state index is 0.00528. The van der Waals surface area contributed by atoms with Crippen LogP contribution in [0.4, 0.5) is 4.39 Å². The average Bonchev–Trinajstić information content (AvgIpc) is 2.63. The second kappa shape index (κ2) is 7.44. The minimum atomic E-state index is -0.774. The number of amides is 2. The van der Waals surface area contributed by atoms with E-state index in [4.69, 9.17) is 5.73 Å². The summed E-state index contributed by atoms with van der Waals surface area (Å²) in [5, 5.41) is 0. The van der Waals surface area contributed by atoms with Crippen molar-refractivity contribution in [2.75, 3.05) is 19.6 Å². The Bertz CT molecular complexity index is 766. The Balaban J connectivity index is 1.61. The van der Waals surface area contributed by atoms with Crippen LogP contribution >= 0.6 is 0 Å². The summed E-state index contributed by atoms with van der Waals surface area (Å²) in [7, 11) is 0. The fraction of sp³-hybridized carbons (Fsp3) is 0.263. The summed E-state index contributed by atoms with van der Waals surface area (Å²) in [6, 6.07) is 14.5. The van der Waals surface area contributed by atoms with Crippen molar-refractivity contribution < 1.29 is 14.0 Å². The highest BCUT2D eigenvalue weighted by Gasteiger charge is 2.30. The number of carbonyl (C=O) groups is 2. The standard InChI is InChI=1S/C19H20FN3O2/c20-16-8-4-5-14(11-16)12-22-9-10-23(13-17(22)24)19(25)18(21)15-6-2-1-3-7-15/h1-8,11,18H,9-10,12-13,21H2. The molecule has 1 fully saturated rings. The first kappa shape index (κ1) is 17.1. The van der Waals surface area contributed by atoms with E-state index < -0.39 is 6.04 Å². The summed E-state index contributed by atoms with van der Waals surface area (Å²) in [6.45, 7) is 1.15. The normalized spacial score (nSPS) is 16.0. The lowest BCUT2D eigenvalue weighted by molar-refractivity contribution is -0.146. The van der Waals surface area contributed by atoms with Crippen molar-refractivity contribution in [3.05, 3.63) is 71.5 Å². The zero-order valence-electron chi connectivity index (χ0n) is 13.8. The average molecular weight is 341 g/mol. The Morgan fingerprint density at radius 3 is 2.56 bits per heavy atom. The van der Waals surface area contributed by atoms with Gasteiger partial charge in [0, 0.05) is 19.6 Å². The van der Waals surface area contributed by atoms with Gasteiger partial charge in [0.2, 0.25) is 11.8 Å². The Morgan fingerprint density at radius 1 is 1.12 bits per heavy atom. The SMILES string of the molecule is NC(C(=O)N1CCN(Cc2cccc(F)c2)C(=O)C1)c1ccccc1. The molecular formula is C19H20FN3O2. The minimum Gasteiger partial charge on any atom is -0.335 e. The van der Waals surface area contributed by atoms with E-state index in [1.165, 1.54) is 17.0 Å². The molecule has 5 nitrogen and oxygen atoms in total. The van der Waals surface area contributed by atoms with Gasteiger partial charge in [0.25, 0.3) is 0 Å². The molecule has 0 bridgehead atoms. The second-order valence-electron chi connectivity index (χ2n) is 6.09. The van der Waals surface area contributed by atoms with Crippen LogP contribution in [0.5, 0.6) is 0 Å². The van der Waals surface area contributed by atoms with Gasteiger partial charge in [0.15, 0.2) is 0 Å². The predicted octanol–water partition coefficient (Wildman–Crippen LogP) is 1.70. The lowest BCUT2D eigenvalue weighted by atomic mass is 10.1. The molecule has 1 aliphatic rings. The molecule has 1 atom stereocenters. The number of halogens is 1. The van der Waals surface area contributed by atoms with Crippen LogP contribution in [0, 0.1) is 5.82 Å². The molecule has 1 unspecified atom stereocenters. The lowest BCUT2D eigenvalue weighted by Gasteiger charge is -2.35. The van der Waals surface area contributed by atoms with E-state index in [1.54, 1.807) is 29.2 Å². The fourth-order valence-corrected chi connectivity index (χ4v) is 2.92. The molecule has 25 heavy (non-hydrogen) atoms. The van der Waals surface area contributed by atoms with E-state index in [-0.39, 0.29) is 24.2 Å². The van der Waals surface area contributed by atoms with E-state index >= 15 is 0 Å². The van der Waals surface area contributed by atoms with Gasteiger partial charge in [0.05, 0.1) is 6.54 Å². The summed E-state index contributed by atoms with van der Waals surface area (Å²) >= 11 is 0.